The fourth-order valence-corrected chi connectivity index (χ4v) is 15.6. The normalized spacial score (nSPS) is 35.6. The van der Waals surface area contributed by atoms with E-state index in [4.69, 9.17) is 22.4 Å². The molecular formula is C21H42O5Si2. The second kappa shape index (κ2) is 6.37. The van der Waals surface area contributed by atoms with Gasteiger partial charge in [-0.1, -0.05) is 83.1 Å². The van der Waals surface area contributed by atoms with E-state index in [1.807, 2.05) is 0 Å². The van der Waals surface area contributed by atoms with Crippen molar-refractivity contribution in [2.45, 2.75) is 128 Å². The van der Waals surface area contributed by atoms with E-state index in [1.54, 1.807) is 0 Å². The zero-order valence-corrected chi connectivity index (χ0v) is 22.1. The average molecular weight is 431 g/mol. The summed E-state index contributed by atoms with van der Waals surface area (Å²) in [5.74, 6) is 0. The van der Waals surface area contributed by atoms with Gasteiger partial charge in [0.1, 0.15) is 12.2 Å². The zero-order chi connectivity index (χ0) is 21.6. The van der Waals surface area contributed by atoms with Crippen LogP contribution in [0.25, 0.3) is 0 Å². The monoisotopic (exact) mass is 430 g/mol. The SMILES string of the molecule is CC(C)(C)[Si]1(C(C)(C)C)O[C@@H]2[C@H]3OC[C@@H](O[Si](C(C)(C)C)(C(C)(C)C)O3)[C@@H]2O1. The van der Waals surface area contributed by atoms with Crippen molar-refractivity contribution in [1.82, 2.24) is 0 Å². The Kier molecular flexibility index (Phi) is 5.21. The van der Waals surface area contributed by atoms with Gasteiger partial charge in [-0.05, 0) is 0 Å². The molecule has 0 amide bonds. The Labute approximate surface area is 174 Å². The number of rotatable bonds is 0. The maximum Gasteiger partial charge on any atom is 0.351 e. The Morgan fingerprint density at radius 3 is 1.36 bits per heavy atom. The lowest BCUT2D eigenvalue weighted by Crippen LogP contribution is -2.60. The summed E-state index contributed by atoms with van der Waals surface area (Å²) in [5.41, 5.74) is 0. The van der Waals surface area contributed by atoms with Crippen LogP contribution in [0.4, 0.5) is 0 Å². The van der Waals surface area contributed by atoms with Gasteiger partial charge in [0.05, 0.1) is 12.7 Å². The minimum atomic E-state index is -2.67. The molecule has 0 saturated carbocycles. The first-order valence-corrected chi connectivity index (χ1v) is 14.3. The molecule has 164 valence electrons. The van der Waals surface area contributed by atoms with Crippen molar-refractivity contribution in [3.63, 3.8) is 0 Å². The van der Waals surface area contributed by atoms with Gasteiger partial charge in [-0.3, -0.25) is 0 Å². The standard InChI is InChI=1S/C21H42O5Si2/c1-18(2,3)27(19(4,5)6)23-14-13-22-17(26-27)16-15(14)24-28(25-16,20(7,8)9)21(10,11)12/h14-17H,13H2,1-12H3/t14-,15+,16+,17+/m1/s1. The second-order valence-corrected chi connectivity index (χ2v) is 22.3. The molecule has 4 aliphatic heterocycles. The Bertz CT molecular complexity index is 554. The van der Waals surface area contributed by atoms with Crippen molar-refractivity contribution in [2.24, 2.45) is 0 Å². The predicted molar refractivity (Wildman–Crippen MR) is 116 cm³/mol. The molecule has 0 radical (unpaired) electrons. The summed E-state index contributed by atoms with van der Waals surface area (Å²) >= 11 is 0. The fourth-order valence-electron chi connectivity index (χ4n) is 5.69. The van der Waals surface area contributed by atoms with Crippen LogP contribution in [0.15, 0.2) is 0 Å². The Hall–Kier alpha value is 0.234. The lowest BCUT2D eigenvalue weighted by atomic mass is 10.1. The first-order chi connectivity index (χ1) is 12.4. The topological polar surface area (TPSA) is 46.2 Å². The van der Waals surface area contributed by atoms with Crippen LogP contribution in [0, 0.1) is 0 Å². The molecule has 28 heavy (non-hydrogen) atoms. The smallest absolute Gasteiger partial charge is 0.351 e. The van der Waals surface area contributed by atoms with Gasteiger partial charge in [-0.25, -0.2) is 0 Å². The summed E-state index contributed by atoms with van der Waals surface area (Å²) in [6.45, 7) is 27.3. The first kappa shape index (κ1) is 22.9. The minimum absolute atomic E-state index is 0.0700. The van der Waals surface area contributed by atoms with Crippen LogP contribution < -0.4 is 0 Å². The molecule has 2 bridgehead atoms. The molecule has 4 aliphatic rings. The van der Waals surface area contributed by atoms with Crippen molar-refractivity contribution in [3.05, 3.63) is 0 Å². The molecule has 5 nitrogen and oxygen atoms in total. The molecule has 4 saturated heterocycles. The van der Waals surface area contributed by atoms with E-state index in [1.165, 1.54) is 0 Å². The van der Waals surface area contributed by atoms with E-state index in [0.717, 1.165) is 0 Å². The third kappa shape index (κ3) is 3.11. The van der Waals surface area contributed by atoms with Gasteiger partial charge in [0.15, 0.2) is 6.29 Å². The Morgan fingerprint density at radius 1 is 0.536 bits per heavy atom. The summed E-state index contributed by atoms with van der Waals surface area (Å²) in [6.07, 6.45) is -0.910. The molecule has 0 N–H and O–H groups in total. The van der Waals surface area contributed by atoms with Gasteiger partial charge >= 0.3 is 17.1 Å². The van der Waals surface area contributed by atoms with Gasteiger partial charge < -0.3 is 22.4 Å². The van der Waals surface area contributed by atoms with Crippen LogP contribution in [0.3, 0.4) is 0 Å². The molecule has 0 aromatic heterocycles. The van der Waals surface area contributed by atoms with Gasteiger partial charge in [-0.15, -0.1) is 0 Å². The third-order valence-electron chi connectivity index (χ3n) is 6.54. The number of ether oxygens (including phenoxy) is 1. The molecule has 4 atom stereocenters. The third-order valence-corrected chi connectivity index (χ3v) is 16.8. The van der Waals surface area contributed by atoms with Crippen LogP contribution in [0.5, 0.6) is 0 Å². The van der Waals surface area contributed by atoms with Crippen LogP contribution in [0.1, 0.15) is 83.1 Å². The van der Waals surface area contributed by atoms with Crippen LogP contribution in [0.2, 0.25) is 20.2 Å². The molecule has 4 rings (SSSR count). The van der Waals surface area contributed by atoms with E-state index in [0.29, 0.717) is 6.61 Å². The van der Waals surface area contributed by atoms with Crippen molar-refractivity contribution in [1.29, 1.82) is 0 Å². The zero-order valence-electron chi connectivity index (χ0n) is 20.1. The summed E-state index contributed by atoms with van der Waals surface area (Å²) < 4.78 is 33.9. The van der Waals surface area contributed by atoms with Gasteiger partial charge in [-0.2, -0.15) is 0 Å². The molecule has 0 aromatic rings. The predicted octanol–water partition coefficient (Wildman–Crippen LogP) is 5.63. The molecule has 0 aliphatic carbocycles. The van der Waals surface area contributed by atoms with Crippen LogP contribution >= 0.6 is 0 Å². The highest BCUT2D eigenvalue weighted by atomic mass is 28.4. The fraction of sp³-hybridized carbons (Fsp3) is 1.00. The molecule has 0 spiro atoms. The van der Waals surface area contributed by atoms with E-state index in [-0.39, 0.29) is 38.5 Å². The van der Waals surface area contributed by atoms with Gasteiger partial charge in [0.2, 0.25) is 0 Å². The first-order valence-electron chi connectivity index (χ1n) is 10.7. The van der Waals surface area contributed by atoms with Crippen molar-refractivity contribution >= 4 is 17.1 Å². The van der Waals surface area contributed by atoms with E-state index in [2.05, 4.69) is 83.1 Å². The van der Waals surface area contributed by atoms with Gasteiger partial charge in [0, 0.05) is 20.2 Å². The van der Waals surface area contributed by atoms with Crippen LogP contribution in [-0.4, -0.2) is 48.3 Å². The highest BCUT2D eigenvalue weighted by Gasteiger charge is 2.72. The molecule has 0 unspecified atom stereocenters. The van der Waals surface area contributed by atoms with Crippen molar-refractivity contribution in [2.75, 3.05) is 6.61 Å². The number of hydrogen-bond donors (Lipinski definition) is 0. The average Bonchev–Trinajstić information content (AvgIpc) is 2.71. The van der Waals surface area contributed by atoms with E-state index >= 15 is 0 Å². The maximum atomic E-state index is 6.97. The largest absolute Gasteiger partial charge is 0.385 e. The minimum Gasteiger partial charge on any atom is -0.385 e. The quantitative estimate of drug-likeness (QED) is 0.466. The van der Waals surface area contributed by atoms with E-state index < -0.39 is 23.4 Å². The molecule has 4 fully saturated rings. The molecule has 0 aromatic carbocycles. The Morgan fingerprint density at radius 2 is 0.929 bits per heavy atom. The van der Waals surface area contributed by atoms with Crippen molar-refractivity contribution < 1.29 is 22.4 Å². The summed E-state index contributed by atoms with van der Waals surface area (Å²) in [7, 11) is -5.27. The number of hydrogen-bond acceptors (Lipinski definition) is 5. The van der Waals surface area contributed by atoms with Crippen LogP contribution in [-0.2, 0) is 22.4 Å². The Balaban J connectivity index is 2.04. The summed E-state index contributed by atoms with van der Waals surface area (Å²) in [4.78, 5) is 0. The van der Waals surface area contributed by atoms with Crippen molar-refractivity contribution in [3.8, 4) is 0 Å². The summed E-state index contributed by atoms with van der Waals surface area (Å²) in [5, 5.41) is -0.341. The highest BCUT2D eigenvalue weighted by molar-refractivity contribution is 6.74. The molecule has 4 heterocycles. The highest BCUT2D eigenvalue weighted by Crippen LogP contribution is 2.61. The lowest BCUT2D eigenvalue weighted by Gasteiger charge is -2.50. The molecule has 7 heteroatoms. The van der Waals surface area contributed by atoms with Gasteiger partial charge in [0.25, 0.3) is 0 Å². The van der Waals surface area contributed by atoms with E-state index in [9.17, 15) is 0 Å². The number of fused-ring (bicyclic) bond motifs is 3. The lowest BCUT2D eigenvalue weighted by molar-refractivity contribution is -0.182. The summed E-state index contributed by atoms with van der Waals surface area (Å²) in [6, 6.07) is 0. The second-order valence-electron chi connectivity index (χ2n) is 12.9. The molecular weight excluding hydrogens is 388 g/mol. The maximum absolute atomic E-state index is 6.97.